The molecule has 2 aromatic heterocycles. The lowest BCUT2D eigenvalue weighted by Crippen LogP contribution is -2.18. The van der Waals surface area contributed by atoms with Gasteiger partial charge in [0.05, 0.1) is 28.9 Å². The zero-order valence-electron chi connectivity index (χ0n) is 14.3. The largest absolute Gasteiger partial charge is 0.328 e. The second-order valence-corrected chi connectivity index (χ2v) is 7.74. The number of aryl methyl sites for hydroxylation is 1. The van der Waals surface area contributed by atoms with Crippen LogP contribution in [0, 0.1) is 0 Å². The van der Waals surface area contributed by atoms with Crippen molar-refractivity contribution in [1.82, 2.24) is 18.5 Å². The topological polar surface area (TPSA) is 38.9 Å². The van der Waals surface area contributed by atoms with Crippen molar-refractivity contribution in [3.05, 3.63) is 42.7 Å². The number of imidazole rings is 2. The fourth-order valence-electron chi connectivity index (χ4n) is 2.69. The molecule has 23 heavy (non-hydrogen) atoms. The fraction of sp³-hybridized carbons (Fsp3) is 0.412. The molecule has 0 fully saturated rings. The van der Waals surface area contributed by atoms with Gasteiger partial charge in [-0.25, -0.2) is 9.97 Å². The van der Waals surface area contributed by atoms with E-state index in [1.165, 1.54) is 5.52 Å². The predicted octanol–water partition coefficient (Wildman–Crippen LogP) is 4.10. The minimum absolute atomic E-state index is 0.0344. The normalized spacial score (nSPS) is 12.0. The van der Waals surface area contributed by atoms with Crippen LogP contribution in [0.15, 0.2) is 36.9 Å². The SMILES string of the molecule is CCn1c(C(C)(C)C)nc2cc(N(C)Sn3ccnc3)ccc21. The Morgan fingerprint density at radius 1 is 1.26 bits per heavy atom. The van der Waals surface area contributed by atoms with Crippen LogP contribution in [0.2, 0.25) is 0 Å². The van der Waals surface area contributed by atoms with Crippen molar-refractivity contribution >= 4 is 28.9 Å². The van der Waals surface area contributed by atoms with Crippen LogP contribution in [0.3, 0.4) is 0 Å². The van der Waals surface area contributed by atoms with Crippen LogP contribution < -0.4 is 4.31 Å². The van der Waals surface area contributed by atoms with Crippen molar-refractivity contribution in [2.24, 2.45) is 0 Å². The zero-order valence-corrected chi connectivity index (χ0v) is 15.1. The third kappa shape index (κ3) is 3.08. The Kier molecular flexibility index (Phi) is 4.10. The molecule has 0 radical (unpaired) electrons. The Bertz CT molecular complexity index is 798. The van der Waals surface area contributed by atoms with Gasteiger partial charge in [0.1, 0.15) is 12.2 Å². The number of fused-ring (bicyclic) bond motifs is 1. The first kappa shape index (κ1) is 15.9. The summed E-state index contributed by atoms with van der Waals surface area (Å²) in [6.45, 7) is 9.74. The predicted molar refractivity (Wildman–Crippen MR) is 97.7 cm³/mol. The molecule has 0 amide bonds. The van der Waals surface area contributed by atoms with Gasteiger partial charge in [0.15, 0.2) is 0 Å². The first-order valence-electron chi connectivity index (χ1n) is 7.81. The third-order valence-corrected chi connectivity index (χ3v) is 4.64. The number of hydrogen-bond acceptors (Lipinski definition) is 4. The van der Waals surface area contributed by atoms with Gasteiger partial charge in [-0.3, -0.25) is 3.97 Å². The molecule has 0 atom stereocenters. The summed E-state index contributed by atoms with van der Waals surface area (Å²) in [5, 5.41) is 0. The smallest absolute Gasteiger partial charge is 0.115 e. The maximum Gasteiger partial charge on any atom is 0.115 e. The molecule has 0 aliphatic carbocycles. The van der Waals surface area contributed by atoms with Gasteiger partial charge in [-0.15, -0.1) is 0 Å². The second-order valence-electron chi connectivity index (χ2n) is 6.60. The first-order chi connectivity index (χ1) is 10.9. The summed E-state index contributed by atoms with van der Waals surface area (Å²) in [5.41, 5.74) is 3.40. The fourth-order valence-corrected chi connectivity index (χ4v) is 3.39. The summed E-state index contributed by atoms with van der Waals surface area (Å²) in [7, 11) is 2.05. The highest BCUT2D eigenvalue weighted by molar-refractivity contribution is 7.99. The van der Waals surface area contributed by atoms with Crippen LogP contribution in [-0.4, -0.2) is 25.6 Å². The van der Waals surface area contributed by atoms with Crippen LogP contribution >= 0.6 is 12.1 Å². The van der Waals surface area contributed by atoms with E-state index in [1.54, 1.807) is 24.7 Å². The van der Waals surface area contributed by atoms with Crippen LogP contribution in [-0.2, 0) is 12.0 Å². The van der Waals surface area contributed by atoms with Crippen molar-refractivity contribution in [2.75, 3.05) is 11.4 Å². The van der Waals surface area contributed by atoms with E-state index >= 15 is 0 Å². The van der Waals surface area contributed by atoms with E-state index in [9.17, 15) is 0 Å². The Hall–Kier alpha value is -1.95. The summed E-state index contributed by atoms with van der Waals surface area (Å²) in [5.74, 6) is 1.14. The van der Waals surface area contributed by atoms with Gasteiger partial charge in [0, 0.05) is 31.4 Å². The van der Waals surface area contributed by atoms with Gasteiger partial charge in [-0.05, 0) is 25.1 Å². The highest BCUT2D eigenvalue weighted by Crippen LogP contribution is 2.30. The number of anilines is 1. The maximum atomic E-state index is 4.90. The summed E-state index contributed by atoms with van der Waals surface area (Å²) < 4.78 is 6.39. The minimum Gasteiger partial charge on any atom is -0.328 e. The van der Waals surface area contributed by atoms with Crippen LogP contribution in [0.4, 0.5) is 5.69 Å². The maximum absolute atomic E-state index is 4.90. The molecule has 6 heteroatoms. The molecular formula is C17H23N5S. The molecule has 0 bridgehead atoms. The second kappa shape index (κ2) is 5.92. The lowest BCUT2D eigenvalue weighted by atomic mass is 9.96. The van der Waals surface area contributed by atoms with Crippen molar-refractivity contribution in [3.8, 4) is 0 Å². The number of hydrogen-bond donors (Lipinski definition) is 0. The summed E-state index contributed by atoms with van der Waals surface area (Å²) in [6, 6.07) is 6.47. The molecule has 0 aliphatic heterocycles. The van der Waals surface area contributed by atoms with Crippen LogP contribution in [0.5, 0.6) is 0 Å². The lowest BCUT2D eigenvalue weighted by molar-refractivity contribution is 0.512. The first-order valence-corrected chi connectivity index (χ1v) is 8.54. The number of aromatic nitrogens is 4. The van der Waals surface area contributed by atoms with E-state index < -0.39 is 0 Å². The van der Waals surface area contributed by atoms with Gasteiger partial charge >= 0.3 is 0 Å². The Morgan fingerprint density at radius 2 is 2.04 bits per heavy atom. The number of rotatable bonds is 4. The number of benzene rings is 1. The molecule has 0 aliphatic rings. The lowest BCUT2D eigenvalue weighted by Gasteiger charge is -2.19. The molecular weight excluding hydrogens is 306 g/mol. The van der Waals surface area contributed by atoms with Gasteiger partial charge in [-0.2, -0.15) is 0 Å². The van der Waals surface area contributed by atoms with E-state index in [1.807, 2.05) is 17.2 Å². The van der Waals surface area contributed by atoms with Gasteiger partial charge in [0.2, 0.25) is 0 Å². The van der Waals surface area contributed by atoms with Crippen molar-refractivity contribution in [1.29, 1.82) is 0 Å². The molecule has 0 unspecified atom stereocenters. The standard InChI is InChI=1S/C17H23N5S/c1-6-22-15-8-7-13(20(5)23-21-10-9-18-12-21)11-14(15)19-16(22)17(2,3)4/h7-12H,6H2,1-5H3. The van der Waals surface area contributed by atoms with Gasteiger partial charge in [-0.1, -0.05) is 20.8 Å². The zero-order chi connectivity index (χ0) is 16.6. The van der Waals surface area contributed by atoms with Crippen molar-refractivity contribution < 1.29 is 0 Å². The van der Waals surface area contributed by atoms with Gasteiger partial charge < -0.3 is 8.87 Å². The van der Waals surface area contributed by atoms with E-state index in [-0.39, 0.29) is 5.41 Å². The average Bonchev–Trinajstić information content (AvgIpc) is 3.12. The highest BCUT2D eigenvalue weighted by Gasteiger charge is 2.22. The molecule has 1 aromatic carbocycles. The Balaban J connectivity index is 1.98. The molecule has 122 valence electrons. The molecule has 0 spiro atoms. The van der Waals surface area contributed by atoms with Crippen molar-refractivity contribution in [2.45, 2.75) is 39.7 Å². The molecule has 0 saturated heterocycles. The van der Waals surface area contributed by atoms with Crippen molar-refractivity contribution in [3.63, 3.8) is 0 Å². The summed E-state index contributed by atoms with van der Waals surface area (Å²) in [4.78, 5) is 8.97. The molecule has 3 rings (SSSR count). The summed E-state index contributed by atoms with van der Waals surface area (Å²) in [6.07, 6.45) is 5.51. The molecule has 2 heterocycles. The van der Waals surface area contributed by atoms with E-state index in [4.69, 9.17) is 4.98 Å². The van der Waals surface area contributed by atoms with Gasteiger partial charge in [0.25, 0.3) is 0 Å². The number of nitrogens with zero attached hydrogens (tertiary/aromatic N) is 5. The quantitative estimate of drug-likeness (QED) is 0.676. The Morgan fingerprint density at radius 3 is 2.65 bits per heavy atom. The molecule has 5 nitrogen and oxygen atoms in total. The summed E-state index contributed by atoms with van der Waals surface area (Å²) >= 11 is 1.59. The molecule has 0 N–H and O–H groups in total. The monoisotopic (exact) mass is 329 g/mol. The molecule has 3 aromatic rings. The Labute approximate surface area is 141 Å². The minimum atomic E-state index is 0.0344. The van der Waals surface area contributed by atoms with E-state index in [2.05, 4.69) is 59.8 Å². The molecule has 0 saturated carbocycles. The average molecular weight is 329 g/mol. The van der Waals surface area contributed by atoms with Crippen LogP contribution in [0.25, 0.3) is 11.0 Å². The van der Waals surface area contributed by atoms with Crippen LogP contribution in [0.1, 0.15) is 33.5 Å². The van der Waals surface area contributed by atoms with E-state index in [0.29, 0.717) is 0 Å². The van der Waals surface area contributed by atoms with E-state index in [0.717, 1.165) is 23.6 Å². The third-order valence-electron chi connectivity index (χ3n) is 3.78. The highest BCUT2D eigenvalue weighted by atomic mass is 32.2.